The molecule has 0 saturated carbocycles. The fourth-order valence-corrected chi connectivity index (χ4v) is 5.10. The van der Waals surface area contributed by atoms with E-state index in [0.29, 0.717) is 16.7 Å². The average Bonchev–Trinajstić information content (AvgIpc) is 3.32. The first-order chi connectivity index (χ1) is 18.0. The molecular weight excluding hydrogens is 508 g/mol. The van der Waals surface area contributed by atoms with Crippen LogP contribution >= 0.6 is 0 Å². The lowest BCUT2D eigenvalue weighted by Crippen LogP contribution is -2.47. The maximum Gasteiger partial charge on any atom is 0.408 e. The van der Waals surface area contributed by atoms with Crippen LogP contribution in [0.5, 0.6) is 0 Å². The van der Waals surface area contributed by atoms with Crippen LogP contribution in [0.25, 0.3) is 22.2 Å². The predicted octanol–water partition coefficient (Wildman–Crippen LogP) is 3.76. The van der Waals surface area contributed by atoms with Gasteiger partial charge in [-0.1, -0.05) is 30.3 Å². The summed E-state index contributed by atoms with van der Waals surface area (Å²) in [6.07, 6.45) is 2.20. The van der Waals surface area contributed by atoms with Gasteiger partial charge in [-0.15, -0.1) is 0 Å². The Morgan fingerprint density at radius 3 is 2.34 bits per heavy atom. The SMILES string of the molecule is CC(C)(C)OC(=O)N[C@H](CO)C(=O)Nc1ccc(-c2ccnc3c2ccn3S(=O)(=O)c2ccccc2)cc1. The molecule has 0 aliphatic carbocycles. The molecule has 1 atom stereocenters. The van der Waals surface area contributed by atoms with E-state index in [1.165, 1.54) is 18.3 Å². The van der Waals surface area contributed by atoms with Gasteiger partial charge in [-0.05, 0) is 68.3 Å². The fourth-order valence-electron chi connectivity index (χ4n) is 3.77. The summed E-state index contributed by atoms with van der Waals surface area (Å²) in [7, 11) is -3.82. The molecule has 0 unspecified atom stereocenters. The van der Waals surface area contributed by atoms with E-state index in [-0.39, 0.29) is 4.90 Å². The maximum absolute atomic E-state index is 13.1. The van der Waals surface area contributed by atoms with E-state index in [1.54, 1.807) is 81.6 Å². The first-order valence-corrected chi connectivity index (χ1v) is 13.2. The lowest BCUT2D eigenvalue weighted by atomic mass is 10.0. The van der Waals surface area contributed by atoms with Crippen molar-refractivity contribution >= 4 is 38.7 Å². The van der Waals surface area contributed by atoms with Crippen molar-refractivity contribution in [3.63, 3.8) is 0 Å². The summed E-state index contributed by atoms with van der Waals surface area (Å²) in [6, 6.07) is 17.3. The van der Waals surface area contributed by atoms with Crippen LogP contribution in [0.3, 0.4) is 0 Å². The van der Waals surface area contributed by atoms with Crippen molar-refractivity contribution in [3.8, 4) is 11.1 Å². The lowest BCUT2D eigenvalue weighted by Gasteiger charge is -2.22. The number of anilines is 1. The third-order valence-corrected chi connectivity index (χ3v) is 7.19. The number of alkyl carbamates (subject to hydrolysis) is 1. The number of amides is 2. The molecule has 2 amide bonds. The number of fused-ring (bicyclic) bond motifs is 1. The molecule has 0 aliphatic heterocycles. The summed E-state index contributed by atoms with van der Waals surface area (Å²) in [5.41, 5.74) is 1.52. The van der Waals surface area contributed by atoms with Crippen LogP contribution in [-0.4, -0.2) is 52.7 Å². The highest BCUT2D eigenvalue weighted by Gasteiger charge is 2.24. The largest absolute Gasteiger partial charge is 0.444 e. The van der Waals surface area contributed by atoms with Crippen molar-refractivity contribution in [1.29, 1.82) is 0 Å². The van der Waals surface area contributed by atoms with E-state index in [4.69, 9.17) is 4.74 Å². The van der Waals surface area contributed by atoms with Gasteiger partial charge in [0.05, 0.1) is 11.5 Å². The molecule has 10 nitrogen and oxygen atoms in total. The zero-order valence-electron chi connectivity index (χ0n) is 21.1. The number of rotatable bonds is 7. The molecule has 3 N–H and O–H groups in total. The minimum absolute atomic E-state index is 0.159. The summed E-state index contributed by atoms with van der Waals surface area (Å²) < 4.78 is 32.6. The lowest BCUT2D eigenvalue weighted by molar-refractivity contribution is -0.119. The summed E-state index contributed by atoms with van der Waals surface area (Å²) >= 11 is 0. The van der Waals surface area contributed by atoms with Crippen molar-refractivity contribution in [2.45, 2.75) is 37.3 Å². The molecule has 2 aromatic carbocycles. The molecular formula is C27H28N4O6S. The summed E-state index contributed by atoms with van der Waals surface area (Å²) in [5, 5.41) is 15.2. The highest BCUT2D eigenvalue weighted by Crippen LogP contribution is 2.30. The number of ether oxygens (including phenoxy) is 1. The minimum Gasteiger partial charge on any atom is -0.444 e. The van der Waals surface area contributed by atoms with Crippen molar-refractivity contribution < 1.29 is 27.9 Å². The van der Waals surface area contributed by atoms with Crippen LogP contribution in [-0.2, 0) is 19.6 Å². The third kappa shape index (κ3) is 5.84. The van der Waals surface area contributed by atoms with Crippen molar-refractivity contribution in [3.05, 3.63) is 79.1 Å². The molecule has 198 valence electrons. The molecule has 2 aromatic heterocycles. The number of hydrogen-bond donors (Lipinski definition) is 3. The van der Waals surface area contributed by atoms with Crippen LogP contribution in [0.15, 0.2) is 84.0 Å². The predicted molar refractivity (Wildman–Crippen MR) is 143 cm³/mol. The molecule has 0 aliphatic rings. The average molecular weight is 537 g/mol. The Labute approximate surface area is 220 Å². The van der Waals surface area contributed by atoms with Gasteiger partial charge in [0, 0.05) is 23.5 Å². The number of aliphatic hydroxyl groups excluding tert-OH is 1. The molecule has 0 radical (unpaired) electrons. The van der Waals surface area contributed by atoms with Gasteiger partial charge in [-0.2, -0.15) is 0 Å². The highest BCUT2D eigenvalue weighted by molar-refractivity contribution is 7.90. The number of nitrogens with zero attached hydrogens (tertiary/aromatic N) is 2. The molecule has 2 heterocycles. The van der Waals surface area contributed by atoms with Gasteiger partial charge in [0.1, 0.15) is 11.6 Å². The first-order valence-electron chi connectivity index (χ1n) is 11.8. The minimum atomic E-state index is -3.82. The van der Waals surface area contributed by atoms with Gasteiger partial charge in [0.2, 0.25) is 5.91 Å². The van der Waals surface area contributed by atoms with Crippen LogP contribution in [0.4, 0.5) is 10.5 Å². The standard InChI is InChI=1S/C27H28N4O6S/c1-27(2,3)37-26(34)30-23(17-32)25(33)29-19-11-9-18(10-12-19)21-13-15-28-24-22(21)14-16-31(24)38(35,36)20-7-5-4-6-8-20/h4-16,23,32H,17H2,1-3H3,(H,29,33)(H,30,34)/t23-/m1/s1. The van der Waals surface area contributed by atoms with Gasteiger partial charge >= 0.3 is 6.09 Å². The number of aliphatic hydroxyl groups is 1. The number of nitrogens with one attached hydrogen (secondary N) is 2. The van der Waals surface area contributed by atoms with E-state index in [1.807, 2.05) is 0 Å². The Balaban J connectivity index is 1.54. The number of benzene rings is 2. The summed E-state index contributed by atoms with van der Waals surface area (Å²) in [5.74, 6) is -0.611. The zero-order chi connectivity index (χ0) is 27.5. The number of carbonyl (C=O) groups is 2. The van der Waals surface area contributed by atoms with Crippen molar-refractivity contribution in [2.75, 3.05) is 11.9 Å². The van der Waals surface area contributed by atoms with E-state index < -0.39 is 40.3 Å². The third-order valence-electron chi connectivity index (χ3n) is 5.51. The van der Waals surface area contributed by atoms with Gasteiger partial charge < -0.3 is 20.5 Å². The maximum atomic E-state index is 13.1. The molecule has 0 fully saturated rings. The quantitative estimate of drug-likeness (QED) is 0.327. The number of pyridine rings is 1. The summed E-state index contributed by atoms with van der Waals surface area (Å²) in [4.78, 5) is 29.0. The normalized spacial score (nSPS) is 12.6. The molecule has 0 spiro atoms. The van der Waals surface area contributed by atoms with Crippen LogP contribution < -0.4 is 10.6 Å². The molecule has 0 saturated heterocycles. The molecule has 0 bridgehead atoms. The van der Waals surface area contributed by atoms with Crippen molar-refractivity contribution in [1.82, 2.24) is 14.3 Å². The van der Waals surface area contributed by atoms with E-state index >= 15 is 0 Å². The van der Waals surface area contributed by atoms with E-state index in [0.717, 1.165) is 15.1 Å². The second-order valence-corrected chi connectivity index (χ2v) is 11.3. The Kier molecular flexibility index (Phi) is 7.51. The Bertz CT molecular complexity index is 1560. The van der Waals surface area contributed by atoms with E-state index in [2.05, 4.69) is 15.6 Å². The summed E-state index contributed by atoms with van der Waals surface area (Å²) in [6.45, 7) is 4.46. The van der Waals surface area contributed by atoms with Gasteiger partial charge in [0.25, 0.3) is 10.0 Å². The fraction of sp³-hybridized carbons (Fsp3) is 0.222. The second-order valence-electron chi connectivity index (χ2n) is 9.47. The second kappa shape index (κ2) is 10.6. The monoisotopic (exact) mass is 536 g/mol. The zero-order valence-corrected chi connectivity index (χ0v) is 21.9. The van der Waals surface area contributed by atoms with Crippen LogP contribution in [0, 0.1) is 0 Å². The molecule has 38 heavy (non-hydrogen) atoms. The molecule has 4 aromatic rings. The van der Waals surface area contributed by atoms with Crippen LogP contribution in [0.2, 0.25) is 0 Å². The Morgan fingerprint density at radius 1 is 1.03 bits per heavy atom. The van der Waals surface area contributed by atoms with Gasteiger partial charge in [0.15, 0.2) is 5.65 Å². The van der Waals surface area contributed by atoms with Crippen molar-refractivity contribution in [2.24, 2.45) is 0 Å². The molecule has 4 rings (SSSR count). The highest BCUT2D eigenvalue weighted by atomic mass is 32.2. The molecule has 11 heteroatoms. The van der Waals surface area contributed by atoms with E-state index in [9.17, 15) is 23.1 Å². The van der Waals surface area contributed by atoms with Gasteiger partial charge in [-0.25, -0.2) is 22.2 Å². The van der Waals surface area contributed by atoms with Gasteiger partial charge in [-0.3, -0.25) is 4.79 Å². The topological polar surface area (TPSA) is 140 Å². The number of aromatic nitrogens is 2. The number of hydrogen-bond acceptors (Lipinski definition) is 7. The number of carbonyl (C=O) groups excluding carboxylic acids is 2. The van der Waals surface area contributed by atoms with Crippen LogP contribution in [0.1, 0.15) is 20.8 Å². The Hall–Kier alpha value is -4.22. The smallest absolute Gasteiger partial charge is 0.408 e. The first kappa shape index (κ1) is 26.8. The Morgan fingerprint density at radius 2 is 1.71 bits per heavy atom.